The molecule has 0 saturated carbocycles. The predicted molar refractivity (Wildman–Crippen MR) is 39.2 cm³/mol. The monoisotopic (exact) mass is 159 g/mol. The molecule has 0 aromatic rings. The van der Waals surface area contributed by atoms with Gasteiger partial charge in [-0.1, -0.05) is 0 Å². The number of hydrogen-bond acceptors (Lipinski definition) is 4. The Kier molecular flexibility index (Phi) is 3.32. The second-order valence-electron chi connectivity index (χ2n) is 2.48. The van der Waals surface area contributed by atoms with Crippen LogP contribution in [0.4, 0.5) is 0 Å². The van der Waals surface area contributed by atoms with Crippen LogP contribution in [-0.4, -0.2) is 38.9 Å². The topological polar surface area (TPSA) is 47.6 Å². The van der Waals surface area contributed by atoms with Gasteiger partial charge in [-0.05, 0) is 0 Å². The van der Waals surface area contributed by atoms with Crippen molar-refractivity contribution >= 4 is 5.97 Å². The van der Waals surface area contributed by atoms with E-state index in [0.29, 0.717) is 13.0 Å². The lowest BCUT2D eigenvalue weighted by Crippen LogP contribution is -2.39. The van der Waals surface area contributed by atoms with Crippen LogP contribution in [0.25, 0.3) is 0 Å². The van der Waals surface area contributed by atoms with E-state index in [1.54, 1.807) is 0 Å². The van der Waals surface area contributed by atoms with E-state index in [2.05, 4.69) is 10.1 Å². The quantitative estimate of drug-likeness (QED) is 0.554. The summed E-state index contributed by atoms with van der Waals surface area (Å²) in [5.74, 6) is -0.210. The first-order chi connectivity index (χ1) is 5.33. The smallest absolute Gasteiger partial charge is 0.308 e. The third-order valence-corrected chi connectivity index (χ3v) is 1.63. The lowest BCUT2D eigenvalue weighted by atomic mass is 10.2. The molecule has 1 unspecified atom stereocenters. The highest BCUT2D eigenvalue weighted by atomic mass is 16.5. The summed E-state index contributed by atoms with van der Waals surface area (Å²) in [6.07, 6.45) is 0.347. The van der Waals surface area contributed by atoms with Gasteiger partial charge < -0.3 is 14.8 Å². The molecular formula is C7H13NO3. The zero-order chi connectivity index (χ0) is 8.10. The Hall–Kier alpha value is -0.610. The third-order valence-electron chi connectivity index (χ3n) is 1.63. The second-order valence-corrected chi connectivity index (χ2v) is 2.48. The van der Waals surface area contributed by atoms with Crippen molar-refractivity contribution in [1.29, 1.82) is 0 Å². The van der Waals surface area contributed by atoms with Crippen molar-refractivity contribution in [3.8, 4) is 0 Å². The zero-order valence-electron chi connectivity index (χ0n) is 6.63. The Labute approximate surface area is 65.9 Å². The molecule has 0 aromatic heterocycles. The highest BCUT2D eigenvalue weighted by Crippen LogP contribution is 2.01. The van der Waals surface area contributed by atoms with Crippen LogP contribution in [0, 0.1) is 0 Å². The minimum absolute atomic E-state index is 0.00352. The van der Waals surface area contributed by atoms with Crippen molar-refractivity contribution in [3.63, 3.8) is 0 Å². The highest BCUT2D eigenvalue weighted by molar-refractivity contribution is 5.69. The summed E-state index contributed by atoms with van der Waals surface area (Å²) in [5, 5.41) is 3.13. The van der Waals surface area contributed by atoms with Crippen molar-refractivity contribution in [1.82, 2.24) is 5.32 Å². The number of ether oxygens (including phenoxy) is 2. The normalized spacial score (nSPS) is 24.6. The van der Waals surface area contributed by atoms with E-state index < -0.39 is 0 Å². The SMILES string of the molecule is COC(=O)CC1CNCCO1. The van der Waals surface area contributed by atoms with Gasteiger partial charge in [-0.2, -0.15) is 0 Å². The molecule has 0 aliphatic carbocycles. The van der Waals surface area contributed by atoms with Gasteiger partial charge in [0.1, 0.15) is 0 Å². The summed E-state index contributed by atoms with van der Waals surface area (Å²) in [7, 11) is 1.39. The summed E-state index contributed by atoms with van der Waals surface area (Å²) in [6, 6.07) is 0. The minimum Gasteiger partial charge on any atom is -0.469 e. The maximum Gasteiger partial charge on any atom is 0.308 e. The molecule has 1 fully saturated rings. The molecule has 1 heterocycles. The highest BCUT2D eigenvalue weighted by Gasteiger charge is 2.16. The number of methoxy groups -OCH3 is 1. The minimum atomic E-state index is -0.210. The summed E-state index contributed by atoms with van der Waals surface area (Å²) in [4.78, 5) is 10.8. The predicted octanol–water partition coefficient (Wildman–Crippen LogP) is -0.462. The fourth-order valence-electron chi connectivity index (χ4n) is 1.02. The Morgan fingerprint density at radius 1 is 1.82 bits per heavy atom. The van der Waals surface area contributed by atoms with Gasteiger partial charge in [0.2, 0.25) is 0 Å². The lowest BCUT2D eigenvalue weighted by Gasteiger charge is -2.22. The van der Waals surface area contributed by atoms with E-state index in [9.17, 15) is 4.79 Å². The molecule has 1 N–H and O–H groups in total. The molecule has 1 atom stereocenters. The van der Waals surface area contributed by atoms with E-state index >= 15 is 0 Å². The number of hydrogen-bond donors (Lipinski definition) is 1. The van der Waals surface area contributed by atoms with E-state index in [-0.39, 0.29) is 12.1 Å². The first kappa shape index (κ1) is 8.49. The van der Waals surface area contributed by atoms with Gasteiger partial charge in [-0.15, -0.1) is 0 Å². The van der Waals surface area contributed by atoms with Gasteiger partial charge >= 0.3 is 5.97 Å². The third kappa shape index (κ3) is 2.86. The lowest BCUT2D eigenvalue weighted by molar-refractivity contribution is -0.144. The van der Waals surface area contributed by atoms with E-state index in [0.717, 1.165) is 13.1 Å². The fraction of sp³-hybridized carbons (Fsp3) is 0.857. The molecule has 1 saturated heterocycles. The molecule has 1 aliphatic rings. The molecule has 0 aromatic carbocycles. The van der Waals surface area contributed by atoms with Crippen LogP contribution in [-0.2, 0) is 14.3 Å². The van der Waals surface area contributed by atoms with Crippen molar-refractivity contribution in [2.75, 3.05) is 26.8 Å². The van der Waals surface area contributed by atoms with Crippen molar-refractivity contribution in [2.45, 2.75) is 12.5 Å². The fourth-order valence-corrected chi connectivity index (χ4v) is 1.02. The summed E-state index contributed by atoms with van der Waals surface area (Å²) in [6.45, 7) is 2.30. The molecule has 1 aliphatic heterocycles. The maximum absolute atomic E-state index is 10.8. The van der Waals surface area contributed by atoms with Crippen LogP contribution in [0.15, 0.2) is 0 Å². The van der Waals surface area contributed by atoms with Crippen molar-refractivity contribution < 1.29 is 14.3 Å². The van der Waals surface area contributed by atoms with Crippen molar-refractivity contribution in [3.05, 3.63) is 0 Å². The first-order valence-corrected chi connectivity index (χ1v) is 3.72. The largest absolute Gasteiger partial charge is 0.469 e. The van der Waals surface area contributed by atoms with Crippen LogP contribution in [0.1, 0.15) is 6.42 Å². The van der Waals surface area contributed by atoms with Gasteiger partial charge in [0, 0.05) is 13.1 Å². The number of rotatable bonds is 2. The number of carbonyl (C=O) groups excluding carboxylic acids is 1. The molecule has 4 nitrogen and oxygen atoms in total. The second kappa shape index (κ2) is 4.31. The van der Waals surface area contributed by atoms with Crippen LogP contribution < -0.4 is 5.32 Å². The first-order valence-electron chi connectivity index (χ1n) is 3.72. The maximum atomic E-state index is 10.8. The molecule has 0 radical (unpaired) electrons. The molecule has 0 bridgehead atoms. The molecule has 11 heavy (non-hydrogen) atoms. The van der Waals surface area contributed by atoms with Gasteiger partial charge in [0.15, 0.2) is 0 Å². The zero-order valence-corrected chi connectivity index (χ0v) is 6.63. The summed E-state index contributed by atoms with van der Waals surface area (Å²) >= 11 is 0. The Morgan fingerprint density at radius 2 is 2.64 bits per heavy atom. The number of carbonyl (C=O) groups is 1. The average molecular weight is 159 g/mol. The average Bonchev–Trinajstić information content (AvgIpc) is 2.06. The molecule has 0 amide bonds. The Morgan fingerprint density at radius 3 is 3.18 bits per heavy atom. The molecule has 1 rings (SSSR count). The summed E-state index contributed by atoms with van der Waals surface area (Å²) < 4.78 is 9.79. The van der Waals surface area contributed by atoms with Crippen LogP contribution in [0.5, 0.6) is 0 Å². The van der Waals surface area contributed by atoms with Crippen LogP contribution >= 0.6 is 0 Å². The standard InChI is InChI=1S/C7H13NO3/c1-10-7(9)4-6-5-8-2-3-11-6/h6,8H,2-5H2,1H3. The van der Waals surface area contributed by atoms with Gasteiger partial charge in [-0.3, -0.25) is 4.79 Å². The van der Waals surface area contributed by atoms with Gasteiger partial charge in [0.05, 0.1) is 26.2 Å². The van der Waals surface area contributed by atoms with E-state index in [4.69, 9.17) is 4.74 Å². The van der Waals surface area contributed by atoms with Crippen LogP contribution in [0.3, 0.4) is 0 Å². The van der Waals surface area contributed by atoms with E-state index in [1.807, 2.05) is 0 Å². The molecule has 64 valence electrons. The Balaban J connectivity index is 2.19. The van der Waals surface area contributed by atoms with Gasteiger partial charge in [0.25, 0.3) is 0 Å². The molecular weight excluding hydrogens is 146 g/mol. The summed E-state index contributed by atoms with van der Waals surface area (Å²) in [5.41, 5.74) is 0. The van der Waals surface area contributed by atoms with Crippen LogP contribution in [0.2, 0.25) is 0 Å². The molecule has 0 spiro atoms. The van der Waals surface area contributed by atoms with Crippen molar-refractivity contribution in [2.24, 2.45) is 0 Å². The number of morpholine rings is 1. The van der Waals surface area contributed by atoms with Gasteiger partial charge in [-0.25, -0.2) is 0 Å². The van der Waals surface area contributed by atoms with E-state index in [1.165, 1.54) is 7.11 Å². The number of esters is 1. The Bertz CT molecular complexity index is 132. The molecule has 4 heteroatoms. The number of nitrogens with one attached hydrogen (secondary N) is 1.